The zero-order chi connectivity index (χ0) is 42.2. The lowest BCUT2D eigenvalue weighted by molar-refractivity contribution is 0.714. The lowest BCUT2D eigenvalue weighted by Crippen LogP contribution is -2.22. The van der Waals surface area contributed by atoms with E-state index in [0.29, 0.717) is 0 Å². The molecule has 0 heterocycles. The van der Waals surface area contributed by atoms with Gasteiger partial charge in [-0.1, -0.05) is 224 Å². The number of hydrogen-bond acceptors (Lipinski definition) is 1. The van der Waals surface area contributed by atoms with Crippen LogP contribution >= 0.6 is 0 Å². The fourth-order valence-corrected chi connectivity index (χ4v) is 9.96. The summed E-state index contributed by atoms with van der Waals surface area (Å²) >= 11 is 0. The highest BCUT2D eigenvalue weighted by atomic mass is 15.1. The highest BCUT2D eigenvalue weighted by Crippen LogP contribution is 2.54. The van der Waals surface area contributed by atoms with Gasteiger partial charge in [0.05, 0.1) is 5.69 Å². The van der Waals surface area contributed by atoms with Crippen molar-refractivity contribution in [1.29, 1.82) is 0 Å². The molecule has 1 aliphatic carbocycles. The van der Waals surface area contributed by atoms with E-state index < -0.39 is 0 Å². The van der Waals surface area contributed by atoms with Gasteiger partial charge in [0, 0.05) is 22.4 Å². The van der Waals surface area contributed by atoms with Crippen molar-refractivity contribution < 1.29 is 0 Å². The number of benzene rings is 10. The first-order valence-electron chi connectivity index (χ1n) is 21.8. The van der Waals surface area contributed by atoms with E-state index in [0.717, 1.165) is 22.6 Å². The van der Waals surface area contributed by atoms with E-state index in [9.17, 15) is 0 Å². The molecule has 0 amide bonds. The van der Waals surface area contributed by atoms with E-state index >= 15 is 0 Å². The van der Waals surface area contributed by atoms with E-state index in [1.165, 1.54) is 77.9 Å². The Morgan fingerprint density at radius 3 is 1.24 bits per heavy atom. The lowest BCUT2D eigenvalue weighted by atomic mass is 9.74. The Balaban J connectivity index is 1.11. The average molecular weight is 804 g/mol. The summed E-state index contributed by atoms with van der Waals surface area (Å²) in [5.41, 5.74) is 21.4. The lowest BCUT2D eigenvalue weighted by Gasteiger charge is -2.32. The van der Waals surface area contributed by atoms with Crippen molar-refractivity contribution in [2.45, 2.75) is 12.3 Å². The zero-order valence-electron chi connectivity index (χ0n) is 35.2. The second-order valence-corrected chi connectivity index (χ2v) is 16.5. The van der Waals surface area contributed by atoms with Crippen LogP contribution in [-0.2, 0) is 5.41 Å². The molecule has 1 unspecified atom stereocenters. The molecule has 0 aromatic heterocycles. The maximum absolute atomic E-state index is 2.47. The van der Waals surface area contributed by atoms with Gasteiger partial charge in [0.1, 0.15) is 0 Å². The largest absolute Gasteiger partial charge is 0.310 e. The summed E-state index contributed by atoms with van der Waals surface area (Å²) in [6, 6.07) is 93.0. The Morgan fingerprint density at radius 1 is 0.270 bits per heavy atom. The van der Waals surface area contributed by atoms with Gasteiger partial charge >= 0.3 is 0 Å². The second kappa shape index (κ2) is 16.1. The van der Waals surface area contributed by atoms with Crippen molar-refractivity contribution >= 4 is 17.1 Å². The summed E-state index contributed by atoms with van der Waals surface area (Å²) < 4.78 is 0. The second-order valence-electron chi connectivity index (χ2n) is 16.5. The highest BCUT2D eigenvalue weighted by molar-refractivity contribution is 5.98. The molecule has 10 aromatic rings. The molecule has 1 heteroatoms. The maximum Gasteiger partial charge on any atom is 0.0540 e. The Morgan fingerprint density at radius 2 is 0.651 bits per heavy atom. The minimum Gasteiger partial charge on any atom is -0.310 e. The SMILES string of the molecule is CC1(c2ccccc2)c2ccccc2-c2ccc(N(c3ccc(-c4ccccc4-c4ccccc4)cc3)c3ccccc3-c3ccccc3-c3ccccc3-c3ccccc3)cc21. The fraction of sp³-hybridized carbons (Fsp3) is 0.0323. The molecule has 0 saturated carbocycles. The molecule has 11 rings (SSSR count). The van der Waals surface area contributed by atoms with Crippen LogP contribution in [0.1, 0.15) is 23.6 Å². The van der Waals surface area contributed by atoms with Crippen molar-refractivity contribution in [3.05, 3.63) is 271 Å². The predicted octanol–water partition coefficient (Wildman–Crippen LogP) is 16.8. The molecular formula is C62H45N. The van der Waals surface area contributed by atoms with Crippen LogP contribution in [0, 0.1) is 0 Å². The van der Waals surface area contributed by atoms with Crippen molar-refractivity contribution in [1.82, 2.24) is 0 Å². The van der Waals surface area contributed by atoms with Gasteiger partial charge in [0.25, 0.3) is 0 Å². The molecule has 0 bridgehead atoms. The Hall–Kier alpha value is -8.00. The van der Waals surface area contributed by atoms with Crippen LogP contribution in [0.3, 0.4) is 0 Å². The first kappa shape index (κ1) is 38.0. The van der Waals surface area contributed by atoms with E-state index in [2.05, 4.69) is 267 Å². The van der Waals surface area contributed by atoms with Gasteiger partial charge < -0.3 is 4.90 Å². The molecule has 0 spiro atoms. The number of nitrogens with zero attached hydrogens (tertiary/aromatic N) is 1. The van der Waals surface area contributed by atoms with Crippen LogP contribution < -0.4 is 4.90 Å². The van der Waals surface area contributed by atoms with Crippen LogP contribution in [0.4, 0.5) is 17.1 Å². The summed E-state index contributed by atoms with van der Waals surface area (Å²) in [5.74, 6) is 0. The normalized spacial score (nSPS) is 13.9. The minimum absolute atomic E-state index is 0.340. The van der Waals surface area contributed by atoms with Crippen molar-refractivity contribution in [2.75, 3.05) is 4.90 Å². The predicted molar refractivity (Wildman–Crippen MR) is 266 cm³/mol. The van der Waals surface area contributed by atoms with E-state index in [1.54, 1.807) is 0 Å². The number of anilines is 3. The molecule has 0 radical (unpaired) electrons. The van der Waals surface area contributed by atoms with E-state index in [4.69, 9.17) is 0 Å². The first-order valence-corrected chi connectivity index (χ1v) is 21.8. The monoisotopic (exact) mass is 803 g/mol. The fourth-order valence-electron chi connectivity index (χ4n) is 9.96. The van der Waals surface area contributed by atoms with Gasteiger partial charge in [-0.25, -0.2) is 0 Å². The quantitative estimate of drug-likeness (QED) is 0.140. The number of rotatable bonds is 9. The molecule has 0 fully saturated rings. The molecule has 10 aromatic carbocycles. The summed E-state index contributed by atoms with van der Waals surface area (Å²) in [5, 5.41) is 0. The van der Waals surface area contributed by atoms with E-state index in [-0.39, 0.29) is 5.41 Å². The standard InChI is InChI=1S/C62H45N/c1-62(47-25-9-4-10-26-47)59-35-19-17-33-56(59)57-42-41-49(43-60(57)62)63(48-39-37-46(38-40-48)51-28-12-11-27-50(51)44-21-5-2-6-22-44)61-36-20-18-34-58(61)55-32-16-15-31-54(55)53-30-14-13-29-52(53)45-23-7-3-8-24-45/h2-43H,1H3. The zero-order valence-corrected chi connectivity index (χ0v) is 35.2. The van der Waals surface area contributed by atoms with Gasteiger partial charge in [-0.3, -0.25) is 0 Å². The molecule has 1 aliphatic rings. The summed E-state index contributed by atoms with van der Waals surface area (Å²) in [7, 11) is 0. The molecule has 0 aliphatic heterocycles. The third-order valence-corrected chi connectivity index (χ3v) is 13.0. The van der Waals surface area contributed by atoms with Crippen molar-refractivity contribution in [2.24, 2.45) is 0 Å². The third kappa shape index (κ3) is 6.67. The van der Waals surface area contributed by atoms with Crippen LogP contribution in [0.2, 0.25) is 0 Å². The average Bonchev–Trinajstić information content (AvgIpc) is 3.63. The third-order valence-electron chi connectivity index (χ3n) is 13.0. The smallest absolute Gasteiger partial charge is 0.0540 e. The molecule has 298 valence electrons. The van der Waals surface area contributed by atoms with Gasteiger partial charge in [-0.15, -0.1) is 0 Å². The molecule has 0 N–H and O–H groups in total. The topological polar surface area (TPSA) is 3.24 Å². The Labute approximate surface area is 370 Å². The van der Waals surface area contributed by atoms with Crippen LogP contribution in [0.25, 0.3) is 66.8 Å². The number of hydrogen-bond donors (Lipinski definition) is 0. The minimum atomic E-state index is -0.340. The molecule has 1 nitrogen and oxygen atoms in total. The van der Waals surface area contributed by atoms with Crippen LogP contribution in [0.5, 0.6) is 0 Å². The summed E-state index contributed by atoms with van der Waals surface area (Å²) in [6.45, 7) is 2.40. The van der Waals surface area contributed by atoms with Gasteiger partial charge in [-0.05, 0) is 115 Å². The van der Waals surface area contributed by atoms with Crippen LogP contribution in [-0.4, -0.2) is 0 Å². The Kier molecular flexibility index (Phi) is 9.71. The molecule has 0 saturated heterocycles. The summed E-state index contributed by atoms with van der Waals surface area (Å²) in [4.78, 5) is 2.47. The summed E-state index contributed by atoms with van der Waals surface area (Å²) in [6.07, 6.45) is 0. The van der Waals surface area contributed by atoms with E-state index in [1.807, 2.05) is 0 Å². The van der Waals surface area contributed by atoms with Crippen molar-refractivity contribution in [3.63, 3.8) is 0 Å². The van der Waals surface area contributed by atoms with Gasteiger partial charge in [0.15, 0.2) is 0 Å². The molecular weight excluding hydrogens is 759 g/mol. The highest BCUT2D eigenvalue weighted by Gasteiger charge is 2.41. The molecule has 63 heavy (non-hydrogen) atoms. The van der Waals surface area contributed by atoms with Gasteiger partial charge in [0.2, 0.25) is 0 Å². The molecule has 1 atom stereocenters. The van der Waals surface area contributed by atoms with Crippen molar-refractivity contribution in [3.8, 4) is 66.8 Å². The number of fused-ring (bicyclic) bond motifs is 3. The van der Waals surface area contributed by atoms with Crippen LogP contribution in [0.15, 0.2) is 255 Å². The maximum atomic E-state index is 2.47. The number of para-hydroxylation sites is 1. The Bertz CT molecular complexity index is 3220. The van der Waals surface area contributed by atoms with Gasteiger partial charge in [-0.2, -0.15) is 0 Å². The first-order chi connectivity index (χ1) is 31.2.